The van der Waals surface area contributed by atoms with E-state index in [-0.39, 0.29) is 46.3 Å². The van der Waals surface area contributed by atoms with Crippen molar-refractivity contribution in [2.45, 2.75) is 38.8 Å². The summed E-state index contributed by atoms with van der Waals surface area (Å²) in [4.78, 5) is 62.9. The number of carboxylic acids is 1. The van der Waals surface area contributed by atoms with Gasteiger partial charge in [-0.15, -0.1) is 0 Å². The maximum atomic E-state index is 12.1. The normalized spacial score (nSPS) is 14.5. The Balaban J connectivity index is 0.000000322. The number of likely N-dealkylation sites (tertiary alicyclic amines) is 1. The van der Waals surface area contributed by atoms with Crippen LogP contribution in [0.1, 0.15) is 48.2 Å². The van der Waals surface area contributed by atoms with Crippen LogP contribution in [0.2, 0.25) is 5.15 Å². The maximum Gasteiger partial charge on any atom is 0.410 e. The molecule has 0 radical (unpaired) electrons. The average Bonchev–Trinajstić information content (AvgIpc) is 3.31. The van der Waals surface area contributed by atoms with Crippen LogP contribution in [-0.2, 0) is 9.47 Å². The number of hydrogen-bond donors (Lipinski definition) is 2. The molecule has 1 aliphatic heterocycles. The van der Waals surface area contributed by atoms with Gasteiger partial charge in [-0.25, -0.2) is 24.4 Å². The van der Waals surface area contributed by atoms with Crippen LogP contribution in [0.5, 0.6) is 0 Å². The topological polar surface area (TPSA) is 217 Å². The molecule has 39 heavy (non-hydrogen) atoms. The molecule has 0 spiro atoms. The molecule has 16 nitrogen and oxygen atoms in total. The molecule has 0 aliphatic carbocycles. The number of halogens is 1. The third-order valence-corrected chi connectivity index (χ3v) is 5.17. The van der Waals surface area contributed by atoms with Gasteiger partial charge < -0.3 is 24.8 Å². The first-order chi connectivity index (χ1) is 18.1. The van der Waals surface area contributed by atoms with Gasteiger partial charge in [0.05, 0.1) is 17.0 Å². The molecule has 0 saturated carbocycles. The molecule has 1 unspecified atom stereocenters. The number of nitrogens with one attached hydrogen (secondary N) is 1. The highest BCUT2D eigenvalue weighted by Gasteiger charge is 2.31. The zero-order valence-corrected chi connectivity index (χ0v) is 22.0. The molecule has 17 heteroatoms. The van der Waals surface area contributed by atoms with Gasteiger partial charge in [-0.05, 0) is 39.3 Å². The summed E-state index contributed by atoms with van der Waals surface area (Å²) in [5.41, 5.74) is -1.64. The number of anilines is 1. The van der Waals surface area contributed by atoms with E-state index in [1.54, 1.807) is 20.8 Å². The van der Waals surface area contributed by atoms with E-state index < -0.39 is 33.5 Å². The summed E-state index contributed by atoms with van der Waals surface area (Å²) in [6.45, 7) is 6.01. The predicted octanol–water partition coefficient (Wildman–Crippen LogP) is 3.54. The van der Waals surface area contributed by atoms with Gasteiger partial charge in [0.1, 0.15) is 5.60 Å². The van der Waals surface area contributed by atoms with Crippen LogP contribution in [-0.4, -0.2) is 79.7 Å². The van der Waals surface area contributed by atoms with Crippen LogP contribution in [0.25, 0.3) is 0 Å². The van der Waals surface area contributed by atoms with Crippen molar-refractivity contribution in [1.29, 1.82) is 0 Å². The lowest BCUT2D eigenvalue weighted by Gasteiger charge is -2.24. The second kappa shape index (κ2) is 12.8. The van der Waals surface area contributed by atoms with Crippen molar-refractivity contribution in [3.05, 3.63) is 61.0 Å². The molecular formula is C22H25ClN6O10. The Kier molecular flexibility index (Phi) is 10.0. The number of esters is 1. The Morgan fingerprint density at radius 3 is 2.18 bits per heavy atom. The first-order valence-corrected chi connectivity index (χ1v) is 11.5. The number of nitrogens with zero attached hydrogens (tertiary/aromatic N) is 5. The van der Waals surface area contributed by atoms with Crippen LogP contribution in [0.15, 0.2) is 24.3 Å². The minimum Gasteiger partial charge on any atom is -0.477 e. The van der Waals surface area contributed by atoms with Crippen molar-refractivity contribution in [2.24, 2.45) is 0 Å². The van der Waals surface area contributed by atoms with Crippen LogP contribution < -0.4 is 5.32 Å². The van der Waals surface area contributed by atoms with Gasteiger partial charge in [-0.2, -0.15) is 0 Å². The fraction of sp³-hybridized carbons (Fsp3) is 0.409. The molecule has 2 aromatic heterocycles. The van der Waals surface area contributed by atoms with Crippen molar-refractivity contribution >= 4 is 46.8 Å². The SMILES string of the molecule is CC(C)(C)OC(=O)N1CCC(Nc2nc(C(=O)O)ccc2[N+](=O)[O-])C1.COC(=O)c1ccc([N+](=O)[O-])c(Cl)n1. The van der Waals surface area contributed by atoms with E-state index in [0.717, 1.165) is 18.2 Å². The highest BCUT2D eigenvalue weighted by atomic mass is 35.5. The number of ether oxygens (including phenoxy) is 2. The average molecular weight is 569 g/mol. The Labute approximate surface area is 226 Å². The number of rotatable bonds is 6. The van der Waals surface area contributed by atoms with E-state index in [9.17, 15) is 34.6 Å². The summed E-state index contributed by atoms with van der Waals surface area (Å²) >= 11 is 5.46. The standard InChI is InChI=1S/C15H20N4O6.C7H5ClN2O4/c1-15(2,3)25-14(22)18-7-6-9(8-18)16-12-11(19(23)24)5-4-10(17-12)13(20)21;1-14-7(11)4-2-3-5(10(12)13)6(8)9-4/h4-5,9H,6-8H2,1-3H3,(H,16,17)(H,20,21);2-3H,1H3. The first-order valence-electron chi connectivity index (χ1n) is 11.2. The van der Waals surface area contributed by atoms with Crippen LogP contribution in [0.3, 0.4) is 0 Å². The van der Waals surface area contributed by atoms with Crippen molar-refractivity contribution in [3.8, 4) is 0 Å². The van der Waals surface area contributed by atoms with Crippen molar-refractivity contribution in [1.82, 2.24) is 14.9 Å². The summed E-state index contributed by atoms with van der Waals surface area (Å²) in [5.74, 6) is -2.09. The summed E-state index contributed by atoms with van der Waals surface area (Å²) in [5, 5.41) is 33.0. The molecule has 0 bridgehead atoms. The second-order valence-electron chi connectivity index (χ2n) is 8.94. The second-order valence-corrected chi connectivity index (χ2v) is 9.30. The Bertz CT molecular complexity index is 1280. The number of carboxylic acid groups (broad SMARTS) is 1. The van der Waals surface area contributed by atoms with Gasteiger partial charge >= 0.3 is 29.4 Å². The van der Waals surface area contributed by atoms with Gasteiger partial charge in [0, 0.05) is 31.3 Å². The van der Waals surface area contributed by atoms with Gasteiger partial charge in [0.15, 0.2) is 11.4 Å². The fourth-order valence-electron chi connectivity index (χ4n) is 3.17. The highest BCUT2D eigenvalue weighted by molar-refractivity contribution is 6.31. The minimum atomic E-state index is -1.28. The lowest BCUT2D eigenvalue weighted by Crippen LogP contribution is -2.36. The van der Waals surface area contributed by atoms with Gasteiger partial charge in [-0.1, -0.05) is 11.6 Å². The minimum absolute atomic E-state index is 0.0666. The molecule has 2 N–H and O–H groups in total. The molecule has 3 rings (SSSR count). The van der Waals surface area contributed by atoms with Crippen LogP contribution in [0, 0.1) is 20.2 Å². The summed E-state index contributed by atoms with van der Waals surface area (Å²) in [7, 11) is 1.18. The molecule has 1 atom stereocenters. The largest absolute Gasteiger partial charge is 0.477 e. The molecule has 2 aromatic rings. The predicted molar refractivity (Wildman–Crippen MR) is 135 cm³/mol. The van der Waals surface area contributed by atoms with Gasteiger partial charge in [-0.3, -0.25) is 20.2 Å². The zero-order valence-electron chi connectivity index (χ0n) is 21.2. The Morgan fingerprint density at radius 2 is 1.67 bits per heavy atom. The molecule has 210 valence electrons. The molecule has 1 aliphatic rings. The third kappa shape index (κ3) is 8.74. The van der Waals surface area contributed by atoms with E-state index in [2.05, 4.69) is 20.0 Å². The van der Waals surface area contributed by atoms with Crippen molar-refractivity contribution in [3.63, 3.8) is 0 Å². The summed E-state index contributed by atoms with van der Waals surface area (Å²) in [6, 6.07) is 4.16. The van der Waals surface area contributed by atoms with E-state index in [0.29, 0.717) is 13.0 Å². The van der Waals surface area contributed by atoms with E-state index >= 15 is 0 Å². The Hall–Kier alpha value is -4.60. The molecule has 3 heterocycles. The lowest BCUT2D eigenvalue weighted by atomic mass is 10.2. The molecule has 1 amide bonds. The van der Waals surface area contributed by atoms with Crippen molar-refractivity contribution in [2.75, 3.05) is 25.5 Å². The summed E-state index contributed by atoms with van der Waals surface area (Å²) < 4.78 is 9.65. The third-order valence-electron chi connectivity index (χ3n) is 4.89. The quantitative estimate of drug-likeness (QED) is 0.221. The number of pyridine rings is 2. The number of carbonyl (C=O) groups is 3. The van der Waals surface area contributed by atoms with E-state index in [1.165, 1.54) is 18.1 Å². The zero-order chi connectivity index (χ0) is 29.5. The van der Waals surface area contributed by atoms with Crippen LogP contribution in [0.4, 0.5) is 22.0 Å². The number of amides is 1. The molecule has 1 fully saturated rings. The maximum absolute atomic E-state index is 12.1. The number of aromatic carboxylic acids is 1. The number of aromatic nitrogens is 2. The molecule has 0 aromatic carbocycles. The molecule has 1 saturated heterocycles. The number of carbonyl (C=O) groups excluding carboxylic acids is 2. The first kappa shape index (κ1) is 30.6. The van der Waals surface area contributed by atoms with Crippen molar-refractivity contribution < 1.29 is 38.8 Å². The number of nitro groups is 2. The van der Waals surface area contributed by atoms with Crippen LogP contribution >= 0.6 is 11.6 Å². The smallest absolute Gasteiger partial charge is 0.410 e. The van der Waals surface area contributed by atoms with E-state index in [1.807, 2.05) is 0 Å². The van der Waals surface area contributed by atoms with Gasteiger partial charge in [0.2, 0.25) is 11.0 Å². The van der Waals surface area contributed by atoms with Gasteiger partial charge in [0.25, 0.3) is 0 Å². The lowest BCUT2D eigenvalue weighted by molar-refractivity contribution is -0.385. The number of hydrogen-bond acceptors (Lipinski definition) is 12. The monoisotopic (exact) mass is 568 g/mol. The summed E-state index contributed by atoms with van der Waals surface area (Å²) in [6.07, 6.45) is 0.0774. The Morgan fingerprint density at radius 1 is 1.08 bits per heavy atom. The highest BCUT2D eigenvalue weighted by Crippen LogP contribution is 2.26. The fourth-order valence-corrected chi connectivity index (χ4v) is 3.39. The number of methoxy groups -OCH3 is 1. The molecular weight excluding hydrogens is 544 g/mol. The van der Waals surface area contributed by atoms with E-state index in [4.69, 9.17) is 21.4 Å².